The van der Waals surface area contributed by atoms with Gasteiger partial charge in [0, 0.05) is 11.2 Å². The molecule has 2 aromatic rings. The predicted octanol–water partition coefficient (Wildman–Crippen LogP) is 2.47. The van der Waals surface area contributed by atoms with E-state index in [0.29, 0.717) is 10.7 Å². The van der Waals surface area contributed by atoms with Gasteiger partial charge in [0.15, 0.2) is 0 Å². The lowest BCUT2D eigenvalue weighted by Gasteiger charge is -2.23. The average Bonchev–Trinajstić information content (AvgIpc) is 2.51. The fourth-order valence-corrected chi connectivity index (χ4v) is 3.37. The number of aromatic nitrogens is 1. The molecule has 0 unspecified atom stereocenters. The Morgan fingerprint density at radius 3 is 2.58 bits per heavy atom. The van der Waals surface area contributed by atoms with Gasteiger partial charge in [-0.2, -0.15) is 0 Å². The smallest absolute Gasteiger partial charge is 0.241 e. The first-order valence-corrected chi connectivity index (χ1v) is 9.47. The zero-order chi connectivity index (χ0) is 17.7. The molecule has 0 fully saturated rings. The van der Waals surface area contributed by atoms with Crippen LogP contribution in [0.2, 0.25) is 10.0 Å². The lowest BCUT2D eigenvalue weighted by Crippen LogP contribution is -2.40. The van der Waals surface area contributed by atoms with Gasteiger partial charge < -0.3 is 5.32 Å². The topological polar surface area (TPSA) is 79.4 Å². The molecule has 0 saturated carbocycles. The van der Waals surface area contributed by atoms with Gasteiger partial charge in [0.25, 0.3) is 0 Å². The second-order valence-corrected chi connectivity index (χ2v) is 7.71. The fraction of sp³-hybridized carbons (Fsp3) is 0.200. The molecule has 0 aliphatic carbocycles. The molecule has 1 N–H and O–H groups in total. The number of amides is 1. The lowest BCUT2D eigenvalue weighted by atomic mass is 10.3. The van der Waals surface area contributed by atoms with Crippen molar-refractivity contribution in [3.8, 4) is 0 Å². The van der Waals surface area contributed by atoms with Crippen molar-refractivity contribution in [2.45, 2.75) is 6.54 Å². The summed E-state index contributed by atoms with van der Waals surface area (Å²) >= 11 is 11.9. The highest BCUT2D eigenvalue weighted by Gasteiger charge is 2.23. The summed E-state index contributed by atoms with van der Waals surface area (Å²) in [7, 11) is -3.70. The second kappa shape index (κ2) is 7.83. The van der Waals surface area contributed by atoms with E-state index in [4.69, 9.17) is 23.2 Å². The van der Waals surface area contributed by atoms with Crippen molar-refractivity contribution < 1.29 is 13.2 Å². The molecule has 0 bridgehead atoms. The molecule has 128 valence electrons. The molecular formula is C15H15Cl2N3O3S. The highest BCUT2D eigenvalue weighted by Crippen LogP contribution is 2.30. The SMILES string of the molecule is CS(=O)(=O)N(CC(=O)NCc1ccccn1)c1ccc(Cl)cc1Cl. The summed E-state index contributed by atoms with van der Waals surface area (Å²) in [6, 6.07) is 9.70. The van der Waals surface area contributed by atoms with E-state index in [-0.39, 0.29) is 17.3 Å². The van der Waals surface area contributed by atoms with Gasteiger partial charge in [-0.25, -0.2) is 8.42 Å². The monoisotopic (exact) mass is 387 g/mol. The van der Waals surface area contributed by atoms with Gasteiger partial charge >= 0.3 is 0 Å². The summed E-state index contributed by atoms with van der Waals surface area (Å²) < 4.78 is 25.0. The molecule has 0 atom stereocenters. The maximum absolute atomic E-state index is 12.1. The molecule has 6 nitrogen and oxygen atoms in total. The van der Waals surface area contributed by atoms with E-state index < -0.39 is 22.5 Å². The van der Waals surface area contributed by atoms with E-state index in [1.54, 1.807) is 24.4 Å². The van der Waals surface area contributed by atoms with E-state index in [1.165, 1.54) is 18.2 Å². The summed E-state index contributed by atoms with van der Waals surface area (Å²) in [5.74, 6) is -0.475. The Balaban J connectivity index is 2.13. The Morgan fingerprint density at radius 1 is 1.25 bits per heavy atom. The summed E-state index contributed by atoms with van der Waals surface area (Å²) in [4.78, 5) is 16.2. The number of carbonyl (C=O) groups is 1. The van der Waals surface area contributed by atoms with Gasteiger partial charge in [-0.1, -0.05) is 29.3 Å². The molecule has 1 amide bonds. The van der Waals surface area contributed by atoms with Gasteiger partial charge in [-0.15, -0.1) is 0 Å². The molecule has 24 heavy (non-hydrogen) atoms. The summed E-state index contributed by atoms with van der Waals surface area (Å²) in [5, 5.41) is 3.14. The Hall–Kier alpha value is -1.83. The van der Waals surface area contributed by atoms with Gasteiger partial charge in [-0.3, -0.25) is 14.1 Å². The van der Waals surface area contributed by atoms with Gasteiger partial charge in [0.2, 0.25) is 15.9 Å². The normalized spacial score (nSPS) is 11.1. The van der Waals surface area contributed by atoms with Crippen LogP contribution in [0.1, 0.15) is 5.69 Å². The molecule has 0 saturated heterocycles. The average molecular weight is 388 g/mol. The van der Waals surface area contributed by atoms with Crippen LogP contribution in [0, 0.1) is 0 Å². The van der Waals surface area contributed by atoms with Crippen LogP contribution in [0.4, 0.5) is 5.69 Å². The molecule has 1 heterocycles. The van der Waals surface area contributed by atoms with Crippen LogP contribution in [-0.2, 0) is 21.4 Å². The fourth-order valence-electron chi connectivity index (χ4n) is 1.94. The van der Waals surface area contributed by atoms with Crippen LogP contribution in [-0.4, -0.2) is 32.1 Å². The zero-order valence-electron chi connectivity index (χ0n) is 12.7. The highest BCUT2D eigenvalue weighted by molar-refractivity contribution is 7.92. The highest BCUT2D eigenvalue weighted by atomic mass is 35.5. The summed E-state index contributed by atoms with van der Waals surface area (Å²) in [6.07, 6.45) is 2.61. The standard InChI is InChI=1S/C15H15Cl2N3O3S/c1-24(22,23)20(14-6-5-11(16)8-13(14)17)10-15(21)19-9-12-4-2-3-7-18-12/h2-8H,9-10H2,1H3,(H,19,21). The minimum absolute atomic E-state index is 0.144. The molecule has 0 spiro atoms. The van der Waals surface area contributed by atoms with Gasteiger partial charge in [-0.05, 0) is 30.3 Å². The molecule has 0 aliphatic rings. The van der Waals surface area contributed by atoms with Crippen LogP contribution in [0.25, 0.3) is 0 Å². The van der Waals surface area contributed by atoms with E-state index in [9.17, 15) is 13.2 Å². The summed E-state index contributed by atoms with van der Waals surface area (Å²) in [5.41, 5.74) is 0.859. The van der Waals surface area contributed by atoms with Crippen LogP contribution >= 0.6 is 23.2 Å². The predicted molar refractivity (Wildman–Crippen MR) is 94.7 cm³/mol. The first kappa shape index (κ1) is 18.5. The third-order valence-corrected chi connectivity index (χ3v) is 4.72. The van der Waals surface area contributed by atoms with Crippen molar-refractivity contribution in [2.75, 3.05) is 17.1 Å². The molecule has 2 rings (SSSR count). The zero-order valence-corrected chi connectivity index (χ0v) is 15.1. The number of sulfonamides is 1. The number of halogens is 2. The quantitative estimate of drug-likeness (QED) is 0.825. The molecule has 0 radical (unpaired) electrons. The van der Waals surface area contributed by atoms with Gasteiger partial charge in [0.05, 0.1) is 29.2 Å². The minimum atomic E-state index is -3.70. The van der Waals surface area contributed by atoms with Crippen LogP contribution in [0.15, 0.2) is 42.6 Å². The maximum Gasteiger partial charge on any atom is 0.241 e. The minimum Gasteiger partial charge on any atom is -0.349 e. The van der Waals surface area contributed by atoms with Crippen molar-refractivity contribution in [1.29, 1.82) is 0 Å². The third kappa shape index (κ3) is 5.09. The number of nitrogens with one attached hydrogen (secondary N) is 1. The van der Waals surface area contributed by atoms with Crippen molar-refractivity contribution in [2.24, 2.45) is 0 Å². The van der Waals surface area contributed by atoms with Crippen LogP contribution in [0.3, 0.4) is 0 Å². The maximum atomic E-state index is 12.1. The van der Waals surface area contributed by atoms with Crippen molar-refractivity contribution in [3.05, 3.63) is 58.3 Å². The number of hydrogen-bond acceptors (Lipinski definition) is 4. The third-order valence-electron chi connectivity index (χ3n) is 3.06. The van der Waals surface area contributed by atoms with Crippen molar-refractivity contribution in [1.82, 2.24) is 10.3 Å². The number of pyridine rings is 1. The Bertz CT molecular complexity index is 829. The number of nitrogens with zero attached hydrogens (tertiary/aromatic N) is 2. The Kier molecular flexibility index (Phi) is 6.04. The first-order chi connectivity index (χ1) is 11.3. The van der Waals surface area contributed by atoms with Crippen molar-refractivity contribution >= 4 is 44.8 Å². The lowest BCUT2D eigenvalue weighted by molar-refractivity contribution is -0.119. The Morgan fingerprint density at radius 2 is 2.00 bits per heavy atom. The van der Waals surface area contributed by atoms with Gasteiger partial charge in [0.1, 0.15) is 6.54 Å². The second-order valence-electron chi connectivity index (χ2n) is 4.96. The molecule has 0 aliphatic heterocycles. The number of anilines is 1. The molecule has 1 aromatic heterocycles. The first-order valence-electron chi connectivity index (χ1n) is 6.87. The molecule has 9 heteroatoms. The number of benzene rings is 1. The van der Waals surface area contributed by atoms with E-state index >= 15 is 0 Å². The van der Waals surface area contributed by atoms with E-state index in [2.05, 4.69) is 10.3 Å². The van der Waals surface area contributed by atoms with Crippen LogP contribution in [0.5, 0.6) is 0 Å². The molecular weight excluding hydrogens is 373 g/mol. The number of hydrogen-bond donors (Lipinski definition) is 1. The van der Waals surface area contributed by atoms with E-state index in [1.807, 2.05) is 0 Å². The number of carbonyl (C=O) groups excluding carboxylic acids is 1. The van der Waals surface area contributed by atoms with Crippen LogP contribution < -0.4 is 9.62 Å². The molecule has 1 aromatic carbocycles. The number of rotatable bonds is 6. The van der Waals surface area contributed by atoms with E-state index in [0.717, 1.165) is 10.6 Å². The Labute approximate surface area is 150 Å². The summed E-state index contributed by atoms with van der Waals surface area (Å²) in [6.45, 7) is -0.196. The largest absolute Gasteiger partial charge is 0.349 e. The van der Waals surface area contributed by atoms with Crippen molar-refractivity contribution in [3.63, 3.8) is 0 Å².